The Kier molecular flexibility index (Phi) is 5.45. The SMILES string of the molecule is N#CC1(CC(=O)N2CCCC(O)(c3cn(-c4ccnc(C(N)=O)c4)nn3)CC2)CCC1. The normalized spacial score (nSPS) is 22.8. The number of carbonyl (C=O) groups is 2. The first-order valence-corrected chi connectivity index (χ1v) is 10.4. The van der Waals surface area contributed by atoms with Crippen molar-refractivity contribution in [2.75, 3.05) is 13.1 Å². The summed E-state index contributed by atoms with van der Waals surface area (Å²) in [6.07, 6.45) is 7.28. The first-order valence-electron chi connectivity index (χ1n) is 10.4. The maximum Gasteiger partial charge on any atom is 0.267 e. The van der Waals surface area contributed by atoms with Crippen LogP contribution in [0.15, 0.2) is 24.5 Å². The number of carbonyl (C=O) groups excluding carboxylic acids is 2. The number of aromatic nitrogens is 4. The highest BCUT2D eigenvalue weighted by atomic mass is 16.3. The summed E-state index contributed by atoms with van der Waals surface area (Å²) < 4.78 is 1.46. The molecule has 0 aromatic carbocycles. The van der Waals surface area contributed by atoms with Crippen LogP contribution in [-0.4, -0.2) is 54.9 Å². The summed E-state index contributed by atoms with van der Waals surface area (Å²) in [7, 11) is 0. The number of nitrogens with two attached hydrogens (primary N) is 1. The Hall–Kier alpha value is -3.32. The van der Waals surface area contributed by atoms with Crippen molar-refractivity contribution in [1.82, 2.24) is 24.9 Å². The number of rotatable bonds is 5. The lowest BCUT2D eigenvalue weighted by Crippen LogP contribution is -2.39. The predicted octanol–water partition coefficient (Wildman–Crippen LogP) is 1.05. The summed E-state index contributed by atoms with van der Waals surface area (Å²) in [6, 6.07) is 5.48. The van der Waals surface area contributed by atoms with Crippen LogP contribution in [0.4, 0.5) is 0 Å². The molecule has 1 saturated heterocycles. The highest BCUT2D eigenvalue weighted by Crippen LogP contribution is 2.44. The fourth-order valence-corrected chi connectivity index (χ4v) is 4.26. The molecule has 0 bridgehead atoms. The lowest BCUT2D eigenvalue weighted by molar-refractivity contribution is -0.134. The minimum absolute atomic E-state index is 0.0232. The molecule has 3 heterocycles. The van der Waals surface area contributed by atoms with Crippen LogP contribution < -0.4 is 5.73 Å². The van der Waals surface area contributed by atoms with Crippen LogP contribution >= 0.6 is 0 Å². The third kappa shape index (κ3) is 4.14. The average molecular weight is 423 g/mol. The van der Waals surface area contributed by atoms with E-state index >= 15 is 0 Å². The van der Waals surface area contributed by atoms with Gasteiger partial charge in [0.2, 0.25) is 5.91 Å². The second-order valence-electron chi connectivity index (χ2n) is 8.50. The maximum atomic E-state index is 12.8. The molecule has 0 radical (unpaired) electrons. The van der Waals surface area contributed by atoms with E-state index in [1.54, 1.807) is 17.2 Å². The van der Waals surface area contributed by atoms with Gasteiger partial charge in [-0.3, -0.25) is 14.6 Å². The molecule has 10 nitrogen and oxygen atoms in total. The first kappa shape index (κ1) is 20.9. The summed E-state index contributed by atoms with van der Waals surface area (Å²) in [5.41, 5.74) is 4.64. The Labute approximate surface area is 179 Å². The number of primary amides is 1. The maximum absolute atomic E-state index is 12.8. The molecule has 2 amide bonds. The number of likely N-dealkylation sites (tertiary alicyclic amines) is 1. The van der Waals surface area contributed by atoms with Gasteiger partial charge < -0.3 is 15.7 Å². The van der Waals surface area contributed by atoms with E-state index in [0.717, 1.165) is 19.3 Å². The number of hydrogen-bond acceptors (Lipinski definition) is 7. The first-order chi connectivity index (χ1) is 14.8. The van der Waals surface area contributed by atoms with Gasteiger partial charge in [-0.1, -0.05) is 11.6 Å². The molecule has 1 aliphatic carbocycles. The number of aliphatic hydroxyl groups is 1. The quantitative estimate of drug-likeness (QED) is 0.729. The number of pyridine rings is 1. The number of hydrogen-bond donors (Lipinski definition) is 2. The number of amides is 2. The van der Waals surface area contributed by atoms with Gasteiger partial charge in [0.1, 0.15) is 17.0 Å². The minimum Gasteiger partial charge on any atom is -0.383 e. The molecule has 3 N–H and O–H groups in total. The molecule has 1 aliphatic heterocycles. The van der Waals surface area contributed by atoms with Crippen molar-refractivity contribution in [2.24, 2.45) is 11.1 Å². The van der Waals surface area contributed by atoms with Crippen LogP contribution in [0.25, 0.3) is 5.69 Å². The van der Waals surface area contributed by atoms with Crippen molar-refractivity contribution in [1.29, 1.82) is 5.26 Å². The fourth-order valence-electron chi connectivity index (χ4n) is 4.26. The van der Waals surface area contributed by atoms with E-state index in [2.05, 4.69) is 21.4 Å². The molecule has 31 heavy (non-hydrogen) atoms. The second kappa shape index (κ2) is 8.07. The molecule has 1 saturated carbocycles. The van der Waals surface area contributed by atoms with Crippen LogP contribution in [0.1, 0.15) is 61.1 Å². The summed E-state index contributed by atoms with van der Waals surface area (Å²) in [6.45, 7) is 0.938. The van der Waals surface area contributed by atoms with Crippen LogP contribution in [0, 0.1) is 16.7 Å². The van der Waals surface area contributed by atoms with Crippen molar-refractivity contribution in [3.05, 3.63) is 35.9 Å². The van der Waals surface area contributed by atoms with E-state index in [-0.39, 0.29) is 18.0 Å². The average Bonchev–Trinajstić information content (AvgIpc) is 3.16. The molecule has 1 atom stereocenters. The van der Waals surface area contributed by atoms with E-state index < -0.39 is 16.9 Å². The van der Waals surface area contributed by atoms with Gasteiger partial charge in [-0.2, -0.15) is 5.26 Å². The van der Waals surface area contributed by atoms with Crippen molar-refractivity contribution < 1.29 is 14.7 Å². The van der Waals surface area contributed by atoms with E-state index in [9.17, 15) is 20.0 Å². The van der Waals surface area contributed by atoms with E-state index in [0.29, 0.717) is 43.7 Å². The van der Waals surface area contributed by atoms with Crippen LogP contribution in [0.5, 0.6) is 0 Å². The molecule has 2 aromatic heterocycles. The molecular formula is C21H25N7O3. The Morgan fingerprint density at radius 3 is 2.71 bits per heavy atom. The standard InChI is InChI=1S/C21H25N7O3/c22-14-20(4-1-5-20)12-18(29)27-9-2-6-21(31,7-10-27)17-13-28(26-25-17)15-3-8-24-16(11-15)19(23)30/h3,8,11,13,31H,1-2,4-7,9-10,12H2,(H2,23,30). The second-order valence-corrected chi connectivity index (χ2v) is 8.50. The lowest BCUT2D eigenvalue weighted by Gasteiger charge is -2.36. The zero-order chi connectivity index (χ0) is 22.1. The highest BCUT2D eigenvalue weighted by Gasteiger charge is 2.41. The van der Waals surface area contributed by atoms with Crippen molar-refractivity contribution >= 4 is 11.8 Å². The number of nitrogens with zero attached hydrogens (tertiary/aromatic N) is 6. The van der Waals surface area contributed by atoms with Crippen molar-refractivity contribution in [3.63, 3.8) is 0 Å². The van der Waals surface area contributed by atoms with Gasteiger partial charge in [-0.25, -0.2) is 4.68 Å². The van der Waals surface area contributed by atoms with Gasteiger partial charge in [0.25, 0.3) is 5.91 Å². The molecule has 2 aliphatic rings. The topological polar surface area (TPSA) is 151 Å². The van der Waals surface area contributed by atoms with Gasteiger partial charge in [-0.15, -0.1) is 5.10 Å². The molecule has 2 fully saturated rings. The molecule has 1 unspecified atom stereocenters. The van der Waals surface area contributed by atoms with Crippen LogP contribution in [-0.2, 0) is 10.4 Å². The van der Waals surface area contributed by atoms with Crippen LogP contribution in [0.3, 0.4) is 0 Å². The molecule has 10 heteroatoms. The monoisotopic (exact) mass is 423 g/mol. The predicted molar refractivity (Wildman–Crippen MR) is 109 cm³/mol. The zero-order valence-electron chi connectivity index (χ0n) is 17.2. The Morgan fingerprint density at radius 1 is 1.23 bits per heavy atom. The molecule has 162 valence electrons. The molecule has 4 rings (SSSR count). The Balaban J connectivity index is 1.46. The Bertz CT molecular complexity index is 1040. The lowest BCUT2D eigenvalue weighted by atomic mass is 9.67. The Morgan fingerprint density at radius 2 is 2.03 bits per heavy atom. The van der Waals surface area contributed by atoms with E-state index in [1.807, 2.05) is 0 Å². The smallest absolute Gasteiger partial charge is 0.267 e. The van der Waals surface area contributed by atoms with Crippen LogP contribution in [0.2, 0.25) is 0 Å². The summed E-state index contributed by atoms with van der Waals surface area (Å²) in [4.78, 5) is 29.8. The zero-order valence-corrected chi connectivity index (χ0v) is 17.2. The number of nitriles is 1. The molecule has 2 aromatic rings. The van der Waals surface area contributed by atoms with Gasteiger partial charge in [0.05, 0.1) is 23.4 Å². The van der Waals surface area contributed by atoms with E-state index in [1.165, 1.54) is 16.9 Å². The largest absolute Gasteiger partial charge is 0.383 e. The van der Waals surface area contributed by atoms with Gasteiger partial charge in [0, 0.05) is 25.7 Å². The molecular weight excluding hydrogens is 398 g/mol. The third-order valence-electron chi connectivity index (χ3n) is 6.43. The summed E-state index contributed by atoms with van der Waals surface area (Å²) >= 11 is 0. The van der Waals surface area contributed by atoms with Gasteiger partial charge >= 0.3 is 0 Å². The van der Waals surface area contributed by atoms with E-state index in [4.69, 9.17) is 5.73 Å². The molecule has 0 spiro atoms. The van der Waals surface area contributed by atoms with Crippen molar-refractivity contribution in [3.8, 4) is 11.8 Å². The fraction of sp³-hybridized carbons (Fsp3) is 0.524. The minimum atomic E-state index is -1.21. The van der Waals surface area contributed by atoms with Gasteiger partial charge in [-0.05, 0) is 44.2 Å². The summed E-state index contributed by atoms with van der Waals surface area (Å²) in [5, 5.41) is 28.9. The third-order valence-corrected chi connectivity index (χ3v) is 6.43. The highest BCUT2D eigenvalue weighted by molar-refractivity contribution is 5.91. The van der Waals surface area contributed by atoms with Crippen molar-refractivity contribution in [2.45, 2.75) is 50.5 Å². The summed E-state index contributed by atoms with van der Waals surface area (Å²) in [5.74, 6) is -0.667. The van der Waals surface area contributed by atoms with Gasteiger partial charge in [0.15, 0.2) is 0 Å².